The van der Waals surface area contributed by atoms with Crippen molar-refractivity contribution in [2.24, 2.45) is 0 Å². The predicted octanol–water partition coefficient (Wildman–Crippen LogP) is 2.50. The number of hydrogen-bond donors (Lipinski definition) is 0. The first-order valence-corrected chi connectivity index (χ1v) is 9.25. The van der Waals surface area contributed by atoms with Crippen LogP contribution in [0.1, 0.15) is 48.8 Å². The first-order chi connectivity index (χ1) is 12.5. The molecule has 0 bridgehead atoms. The Morgan fingerprint density at radius 2 is 2.12 bits per heavy atom. The van der Waals surface area contributed by atoms with Crippen LogP contribution in [-0.2, 0) is 11.3 Å². The van der Waals surface area contributed by atoms with Gasteiger partial charge >= 0.3 is 0 Å². The van der Waals surface area contributed by atoms with Gasteiger partial charge in [-0.05, 0) is 39.2 Å². The van der Waals surface area contributed by atoms with Gasteiger partial charge in [-0.1, -0.05) is 0 Å². The lowest BCUT2D eigenvalue weighted by Crippen LogP contribution is -2.31. The Hall–Kier alpha value is -2.44. The van der Waals surface area contributed by atoms with Crippen molar-refractivity contribution in [1.29, 1.82) is 0 Å². The number of carbonyl (C=O) groups excluding carboxylic acids is 1. The van der Waals surface area contributed by atoms with Crippen molar-refractivity contribution in [1.82, 2.24) is 24.6 Å². The zero-order chi connectivity index (χ0) is 18.7. The third-order valence-electron chi connectivity index (χ3n) is 4.88. The van der Waals surface area contributed by atoms with E-state index in [0.29, 0.717) is 6.42 Å². The number of aryl methyl sites for hydroxylation is 3. The van der Waals surface area contributed by atoms with Crippen LogP contribution in [0.2, 0.25) is 0 Å². The zero-order valence-corrected chi connectivity index (χ0v) is 16.1. The van der Waals surface area contributed by atoms with Crippen molar-refractivity contribution in [3.05, 3.63) is 35.5 Å². The molecule has 1 saturated heterocycles. The molecule has 1 aliphatic heterocycles. The number of hydrogen-bond acceptors (Lipinski definition) is 5. The van der Waals surface area contributed by atoms with E-state index >= 15 is 0 Å². The van der Waals surface area contributed by atoms with Crippen LogP contribution in [-0.4, -0.2) is 51.2 Å². The molecule has 7 heteroatoms. The number of carbonyl (C=O) groups is 1. The smallest absolute Gasteiger partial charge is 0.223 e. The molecule has 140 valence electrons. The summed E-state index contributed by atoms with van der Waals surface area (Å²) in [4.78, 5) is 25.7. The molecule has 1 atom stereocenters. The molecular formula is C19H28N6O. The van der Waals surface area contributed by atoms with Gasteiger partial charge in [0.15, 0.2) is 0 Å². The fourth-order valence-electron chi connectivity index (χ4n) is 3.54. The quantitative estimate of drug-likeness (QED) is 0.795. The monoisotopic (exact) mass is 356 g/mol. The third-order valence-corrected chi connectivity index (χ3v) is 4.88. The van der Waals surface area contributed by atoms with Gasteiger partial charge in [0.2, 0.25) is 5.91 Å². The summed E-state index contributed by atoms with van der Waals surface area (Å²) >= 11 is 0. The molecule has 1 fully saturated rings. The highest BCUT2D eigenvalue weighted by Crippen LogP contribution is 2.31. The number of anilines is 1. The van der Waals surface area contributed by atoms with Gasteiger partial charge in [-0.15, -0.1) is 0 Å². The molecule has 0 saturated carbocycles. The summed E-state index contributed by atoms with van der Waals surface area (Å²) in [6.07, 6.45) is 6.84. The molecule has 1 amide bonds. The van der Waals surface area contributed by atoms with E-state index in [0.717, 1.165) is 55.3 Å². The molecule has 26 heavy (non-hydrogen) atoms. The van der Waals surface area contributed by atoms with Gasteiger partial charge in [0.25, 0.3) is 0 Å². The molecular weight excluding hydrogens is 328 g/mol. The molecule has 0 radical (unpaired) electrons. The largest absolute Gasteiger partial charge is 0.361 e. The summed E-state index contributed by atoms with van der Waals surface area (Å²) in [5.74, 6) is 1.03. The van der Waals surface area contributed by atoms with Gasteiger partial charge in [0, 0.05) is 39.3 Å². The van der Waals surface area contributed by atoms with E-state index in [2.05, 4.69) is 28.1 Å². The standard InChI is InChI=1S/C19H28N6O/c1-14-11-15(2)25(22-14)10-6-8-19(26)24-9-5-7-17(24)16-12-20-13-18(21-16)23(3)4/h11-13,17H,5-10H2,1-4H3/t17-/m1/s1. The van der Waals surface area contributed by atoms with Crippen LogP contribution >= 0.6 is 0 Å². The van der Waals surface area contributed by atoms with Gasteiger partial charge < -0.3 is 9.80 Å². The van der Waals surface area contributed by atoms with Gasteiger partial charge in [-0.25, -0.2) is 4.98 Å². The minimum atomic E-state index is 0.0450. The van der Waals surface area contributed by atoms with E-state index in [-0.39, 0.29) is 11.9 Å². The summed E-state index contributed by atoms with van der Waals surface area (Å²) in [6, 6.07) is 2.11. The highest BCUT2D eigenvalue weighted by molar-refractivity contribution is 5.77. The maximum absolute atomic E-state index is 12.8. The van der Waals surface area contributed by atoms with E-state index in [9.17, 15) is 4.79 Å². The Morgan fingerprint density at radius 3 is 2.81 bits per heavy atom. The Balaban J connectivity index is 1.61. The Kier molecular flexibility index (Phi) is 5.54. The number of likely N-dealkylation sites (tertiary alicyclic amines) is 1. The number of aromatic nitrogens is 4. The van der Waals surface area contributed by atoms with Crippen molar-refractivity contribution in [3.63, 3.8) is 0 Å². The van der Waals surface area contributed by atoms with E-state index in [4.69, 9.17) is 0 Å². The van der Waals surface area contributed by atoms with Crippen molar-refractivity contribution in [3.8, 4) is 0 Å². The lowest BCUT2D eigenvalue weighted by Gasteiger charge is -2.25. The second-order valence-corrected chi connectivity index (χ2v) is 7.20. The number of rotatable bonds is 6. The van der Waals surface area contributed by atoms with Crippen molar-refractivity contribution >= 4 is 11.7 Å². The molecule has 0 aliphatic carbocycles. The lowest BCUT2D eigenvalue weighted by molar-refractivity contribution is -0.132. The average molecular weight is 356 g/mol. The average Bonchev–Trinajstić information content (AvgIpc) is 3.21. The maximum Gasteiger partial charge on any atom is 0.223 e. The van der Waals surface area contributed by atoms with Gasteiger partial charge in [-0.2, -0.15) is 5.10 Å². The van der Waals surface area contributed by atoms with Crippen LogP contribution in [0.3, 0.4) is 0 Å². The number of amides is 1. The zero-order valence-electron chi connectivity index (χ0n) is 16.1. The Bertz CT molecular complexity index is 769. The second-order valence-electron chi connectivity index (χ2n) is 7.20. The first-order valence-electron chi connectivity index (χ1n) is 9.25. The summed E-state index contributed by atoms with van der Waals surface area (Å²) in [6.45, 7) is 5.62. The minimum absolute atomic E-state index is 0.0450. The molecule has 3 heterocycles. The predicted molar refractivity (Wildman–Crippen MR) is 101 cm³/mol. The summed E-state index contributed by atoms with van der Waals surface area (Å²) < 4.78 is 1.98. The summed E-state index contributed by atoms with van der Waals surface area (Å²) in [5, 5.41) is 4.46. The highest BCUT2D eigenvalue weighted by atomic mass is 16.2. The molecule has 0 unspecified atom stereocenters. The molecule has 2 aromatic heterocycles. The first kappa shape index (κ1) is 18.4. The Morgan fingerprint density at radius 1 is 1.31 bits per heavy atom. The maximum atomic E-state index is 12.8. The number of nitrogens with zero attached hydrogens (tertiary/aromatic N) is 6. The minimum Gasteiger partial charge on any atom is -0.361 e. The van der Waals surface area contributed by atoms with Crippen LogP contribution in [0, 0.1) is 13.8 Å². The van der Waals surface area contributed by atoms with Crippen molar-refractivity contribution in [2.75, 3.05) is 25.5 Å². The van der Waals surface area contributed by atoms with Crippen LogP contribution in [0.25, 0.3) is 0 Å². The fraction of sp³-hybridized carbons (Fsp3) is 0.579. The molecule has 3 rings (SSSR count). The second kappa shape index (κ2) is 7.85. The fourth-order valence-corrected chi connectivity index (χ4v) is 3.54. The van der Waals surface area contributed by atoms with E-state index in [1.807, 2.05) is 35.5 Å². The molecule has 0 N–H and O–H groups in total. The molecule has 7 nitrogen and oxygen atoms in total. The molecule has 2 aromatic rings. The van der Waals surface area contributed by atoms with Crippen LogP contribution in [0.15, 0.2) is 18.5 Å². The van der Waals surface area contributed by atoms with Gasteiger partial charge in [0.05, 0.1) is 29.8 Å². The van der Waals surface area contributed by atoms with Crippen LogP contribution < -0.4 is 4.90 Å². The highest BCUT2D eigenvalue weighted by Gasteiger charge is 2.31. The van der Waals surface area contributed by atoms with Gasteiger partial charge in [-0.3, -0.25) is 14.5 Å². The van der Waals surface area contributed by atoms with Crippen LogP contribution in [0.5, 0.6) is 0 Å². The molecule has 0 aromatic carbocycles. The summed E-state index contributed by atoms with van der Waals surface area (Å²) in [5.41, 5.74) is 3.05. The SMILES string of the molecule is Cc1cc(C)n(CCCC(=O)N2CCC[C@@H]2c2cncc(N(C)C)n2)n1. The van der Waals surface area contributed by atoms with Crippen LogP contribution in [0.4, 0.5) is 5.82 Å². The van der Waals surface area contributed by atoms with Crippen molar-refractivity contribution in [2.45, 2.75) is 52.1 Å². The normalized spacial score (nSPS) is 16.9. The topological polar surface area (TPSA) is 67.2 Å². The van der Waals surface area contributed by atoms with Gasteiger partial charge in [0.1, 0.15) is 5.82 Å². The van der Waals surface area contributed by atoms with E-state index in [1.54, 1.807) is 12.4 Å². The molecule has 1 aliphatic rings. The summed E-state index contributed by atoms with van der Waals surface area (Å²) in [7, 11) is 3.90. The lowest BCUT2D eigenvalue weighted by atomic mass is 10.1. The van der Waals surface area contributed by atoms with Crippen molar-refractivity contribution < 1.29 is 4.79 Å². The Labute approximate surface area is 155 Å². The van der Waals surface area contributed by atoms with E-state index in [1.165, 1.54) is 0 Å². The van der Waals surface area contributed by atoms with E-state index < -0.39 is 0 Å². The molecule has 0 spiro atoms. The third kappa shape index (κ3) is 4.03.